The number of aliphatic carboxylic acids is 1. The Morgan fingerprint density at radius 3 is 2.65 bits per heavy atom. The zero-order valence-electron chi connectivity index (χ0n) is 11.9. The van der Waals surface area contributed by atoms with Crippen molar-refractivity contribution in [2.75, 3.05) is 11.9 Å². The molecule has 0 aromatic heterocycles. The predicted molar refractivity (Wildman–Crippen MR) is 76.7 cm³/mol. The summed E-state index contributed by atoms with van der Waals surface area (Å²) in [5.41, 5.74) is 1.16. The molecule has 0 aliphatic carbocycles. The number of ether oxygens (including phenoxy) is 1. The Kier molecular flexibility index (Phi) is 6.73. The second-order valence-electron chi connectivity index (χ2n) is 4.80. The number of anilines is 1. The number of carbonyl (C=O) groups is 2. The van der Waals surface area contributed by atoms with Gasteiger partial charge in [0.1, 0.15) is 0 Å². The number of carboxylic acid groups (broad SMARTS) is 1. The Morgan fingerprint density at radius 2 is 2.00 bits per heavy atom. The number of para-hydroxylation sites is 1. The van der Waals surface area contributed by atoms with Crippen molar-refractivity contribution >= 4 is 17.6 Å². The van der Waals surface area contributed by atoms with Gasteiger partial charge >= 0.3 is 5.97 Å². The fourth-order valence-corrected chi connectivity index (χ4v) is 1.72. The molecule has 1 rings (SSSR count). The monoisotopic (exact) mass is 279 g/mol. The first-order valence-electron chi connectivity index (χ1n) is 6.70. The van der Waals surface area contributed by atoms with Crippen molar-refractivity contribution in [2.24, 2.45) is 0 Å². The van der Waals surface area contributed by atoms with E-state index in [1.807, 2.05) is 13.8 Å². The number of hydrogen-bond acceptors (Lipinski definition) is 3. The smallest absolute Gasteiger partial charge is 0.307 e. The highest BCUT2D eigenvalue weighted by Gasteiger charge is 2.09. The Balaban J connectivity index is 2.47. The summed E-state index contributed by atoms with van der Waals surface area (Å²) in [6, 6.07) is 6.93. The largest absolute Gasteiger partial charge is 0.481 e. The summed E-state index contributed by atoms with van der Waals surface area (Å²) in [6.45, 7) is 4.44. The van der Waals surface area contributed by atoms with E-state index in [1.165, 1.54) is 0 Å². The molecular formula is C15H21NO4. The number of nitrogens with one attached hydrogen (secondary N) is 1. The predicted octanol–water partition coefficient (Wildman–Crippen LogP) is 2.46. The van der Waals surface area contributed by atoms with Crippen molar-refractivity contribution in [3.63, 3.8) is 0 Å². The van der Waals surface area contributed by atoms with E-state index in [4.69, 9.17) is 9.84 Å². The average molecular weight is 279 g/mol. The lowest BCUT2D eigenvalue weighted by molar-refractivity contribution is -0.136. The fourth-order valence-electron chi connectivity index (χ4n) is 1.72. The number of hydrogen-bond donors (Lipinski definition) is 2. The summed E-state index contributed by atoms with van der Waals surface area (Å²) < 4.78 is 5.36. The van der Waals surface area contributed by atoms with Crippen LogP contribution in [0.3, 0.4) is 0 Å². The highest BCUT2D eigenvalue weighted by molar-refractivity contribution is 5.92. The summed E-state index contributed by atoms with van der Waals surface area (Å²) >= 11 is 0. The molecular weight excluding hydrogens is 258 g/mol. The van der Waals surface area contributed by atoms with Crippen LogP contribution in [0.1, 0.15) is 32.3 Å². The van der Waals surface area contributed by atoms with Gasteiger partial charge in [-0.1, -0.05) is 18.2 Å². The van der Waals surface area contributed by atoms with E-state index in [0.29, 0.717) is 30.7 Å². The maximum absolute atomic E-state index is 11.8. The SMILES string of the molecule is CC(C)OCCCC(=O)Nc1ccccc1CC(=O)O. The van der Waals surface area contributed by atoms with E-state index in [0.717, 1.165) is 0 Å². The third kappa shape index (κ3) is 6.33. The molecule has 0 aliphatic heterocycles. The third-order valence-electron chi connectivity index (χ3n) is 2.63. The highest BCUT2D eigenvalue weighted by atomic mass is 16.5. The van der Waals surface area contributed by atoms with E-state index in [-0.39, 0.29) is 18.4 Å². The van der Waals surface area contributed by atoms with Gasteiger partial charge in [0.25, 0.3) is 0 Å². The van der Waals surface area contributed by atoms with Crippen LogP contribution < -0.4 is 5.32 Å². The topological polar surface area (TPSA) is 75.6 Å². The number of carboxylic acids is 1. The van der Waals surface area contributed by atoms with Crippen molar-refractivity contribution in [2.45, 2.75) is 39.2 Å². The van der Waals surface area contributed by atoms with Gasteiger partial charge < -0.3 is 15.2 Å². The first-order valence-corrected chi connectivity index (χ1v) is 6.70. The molecule has 0 saturated heterocycles. The molecule has 2 N–H and O–H groups in total. The first kappa shape index (κ1) is 16.2. The summed E-state index contributed by atoms with van der Waals surface area (Å²) in [5, 5.41) is 11.6. The van der Waals surface area contributed by atoms with E-state index in [9.17, 15) is 9.59 Å². The van der Waals surface area contributed by atoms with Crippen LogP contribution in [0, 0.1) is 0 Å². The minimum Gasteiger partial charge on any atom is -0.481 e. The van der Waals surface area contributed by atoms with Crippen molar-refractivity contribution in [1.82, 2.24) is 0 Å². The molecule has 0 atom stereocenters. The molecule has 1 aromatic rings. The van der Waals surface area contributed by atoms with E-state index >= 15 is 0 Å². The maximum atomic E-state index is 11.8. The van der Waals surface area contributed by atoms with Crippen LogP contribution in [0.25, 0.3) is 0 Å². The second kappa shape index (κ2) is 8.32. The van der Waals surface area contributed by atoms with Crippen LogP contribution in [0.4, 0.5) is 5.69 Å². The van der Waals surface area contributed by atoms with Gasteiger partial charge in [-0.2, -0.15) is 0 Å². The van der Waals surface area contributed by atoms with Gasteiger partial charge in [0.2, 0.25) is 5.91 Å². The second-order valence-corrected chi connectivity index (χ2v) is 4.80. The summed E-state index contributed by atoms with van der Waals surface area (Å²) in [5.74, 6) is -1.05. The normalized spacial score (nSPS) is 10.6. The average Bonchev–Trinajstić information content (AvgIpc) is 2.36. The molecule has 20 heavy (non-hydrogen) atoms. The lowest BCUT2D eigenvalue weighted by atomic mass is 10.1. The summed E-state index contributed by atoms with van der Waals surface area (Å²) in [6.07, 6.45) is 1.06. The van der Waals surface area contributed by atoms with Crippen molar-refractivity contribution in [3.05, 3.63) is 29.8 Å². The Bertz CT molecular complexity index is 457. The molecule has 0 saturated carbocycles. The molecule has 0 spiro atoms. The highest BCUT2D eigenvalue weighted by Crippen LogP contribution is 2.16. The summed E-state index contributed by atoms with van der Waals surface area (Å²) in [4.78, 5) is 22.5. The third-order valence-corrected chi connectivity index (χ3v) is 2.63. The van der Waals surface area contributed by atoms with Gasteiger partial charge in [-0.05, 0) is 31.9 Å². The van der Waals surface area contributed by atoms with Gasteiger partial charge in [-0.25, -0.2) is 0 Å². The van der Waals surface area contributed by atoms with Crippen LogP contribution in [0.2, 0.25) is 0 Å². The van der Waals surface area contributed by atoms with Gasteiger partial charge in [-0.15, -0.1) is 0 Å². The maximum Gasteiger partial charge on any atom is 0.307 e. The minimum atomic E-state index is -0.919. The van der Waals surface area contributed by atoms with E-state index in [1.54, 1.807) is 24.3 Å². The van der Waals surface area contributed by atoms with Gasteiger partial charge in [0.15, 0.2) is 0 Å². The molecule has 0 fully saturated rings. The minimum absolute atomic E-state index is 0.104. The molecule has 0 radical (unpaired) electrons. The molecule has 1 aromatic carbocycles. The van der Waals surface area contributed by atoms with Crippen molar-refractivity contribution < 1.29 is 19.4 Å². The quantitative estimate of drug-likeness (QED) is 0.717. The Hall–Kier alpha value is -1.88. The lowest BCUT2D eigenvalue weighted by Gasteiger charge is -2.10. The van der Waals surface area contributed by atoms with Crippen LogP contribution in [0.5, 0.6) is 0 Å². The lowest BCUT2D eigenvalue weighted by Crippen LogP contribution is -2.15. The van der Waals surface area contributed by atoms with Crippen LogP contribution in [0.15, 0.2) is 24.3 Å². The number of carbonyl (C=O) groups excluding carboxylic acids is 1. The number of rotatable bonds is 8. The van der Waals surface area contributed by atoms with Gasteiger partial charge in [-0.3, -0.25) is 9.59 Å². The number of amides is 1. The van der Waals surface area contributed by atoms with E-state index < -0.39 is 5.97 Å². The molecule has 0 bridgehead atoms. The molecule has 0 unspecified atom stereocenters. The fraction of sp³-hybridized carbons (Fsp3) is 0.467. The number of benzene rings is 1. The van der Waals surface area contributed by atoms with Crippen LogP contribution in [-0.2, 0) is 20.7 Å². The molecule has 5 heteroatoms. The molecule has 110 valence electrons. The van der Waals surface area contributed by atoms with Crippen molar-refractivity contribution in [1.29, 1.82) is 0 Å². The van der Waals surface area contributed by atoms with Crippen LogP contribution >= 0.6 is 0 Å². The van der Waals surface area contributed by atoms with Gasteiger partial charge in [0.05, 0.1) is 12.5 Å². The van der Waals surface area contributed by atoms with E-state index in [2.05, 4.69) is 5.32 Å². The standard InChI is InChI=1S/C15H21NO4/c1-11(2)20-9-5-8-14(17)16-13-7-4-3-6-12(13)10-15(18)19/h3-4,6-7,11H,5,8-10H2,1-2H3,(H,16,17)(H,18,19). The van der Waals surface area contributed by atoms with Crippen LogP contribution in [-0.4, -0.2) is 29.7 Å². The molecule has 5 nitrogen and oxygen atoms in total. The molecule has 0 aliphatic rings. The molecule has 1 amide bonds. The Morgan fingerprint density at radius 1 is 1.30 bits per heavy atom. The summed E-state index contributed by atoms with van der Waals surface area (Å²) in [7, 11) is 0. The van der Waals surface area contributed by atoms with Gasteiger partial charge in [0, 0.05) is 18.7 Å². The molecule has 0 heterocycles. The van der Waals surface area contributed by atoms with Crippen molar-refractivity contribution in [3.8, 4) is 0 Å². The zero-order chi connectivity index (χ0) is 15.0. The zero-order valence-corrected chi connectivity index (χ0v) is 11.9. The Labute approximate surface area is 118 Å². The first-order chi connectivity index (χ1) is 9.49.